The summed E-state index contributed by atoms with van der Waals surface area (Å²) < 4.78 is 5.34. The Morgan fingerprint density at radius 3 is 2.60 bits per heavy atom. The van der Waals surface area contributed by atoms with Crippen molar-refractivity contribution in [3.05, 3.63) is 59.7 Å². The van der Waals surface area contributed by atoms with Crippen molar-refractivity contribution in [1.29, 1.82) is 0 Å². The van der Waals surface area contributed by atoms with Crippen LogP contribution in [0.1, 0.15) is 37.3 Å². The highest BCUT2D eigenvalue weighted by molar-refractivity contribution is 6.07. The van der Waals surface area contributed by atoms with Crippen LogP contribution in [0.4, 0.5) is 5.69 Å². The molecule has 1 aliphatic rings. The number of benzene rings is 2. The summed E-state index contributed by atoms with van der Waals surface area (Å²) in [6, 6.07) is 15.4. The third-order valence-corrected chi connectivity index (χ3v) is 4.22. The maximum atomic E-state index is 12.4. The second kappa shape index (κ2) is 7.38. The molecule has 3 rings (SSSR count). The Balaban J connectivity index is 1.63. The minimum atomic E-state index is -0.635. The van der Waals surface area contributed by atoms with Gasteiger partial charge >= 0.3 is 0 Å². The Hall–Kier alpha value is -2.82. The number of para-hydroxylation sites is 1. The summed E-state index contributed by atoms with van der Waals surface area (Å²) in [5.41, 5.74) is 3.55. The summed E-state index contributed by atoms with van der Waals surface area (Å²) in [6.45, 7) is 4.27. The van der Waals surface area contributed by atoms with Crippen molar-refractivity contribution in [3.63, 3.8) is 0 Å². The fourth-order valence-electron chi connectivity index (χ4n) is 2.73. The molecule has 0 saturated heterocycles. The average Bonchev–Trinajstić information content (AvgIpc) is 3.12. The van der Waals surface area contributed by atoms with Crippen LogP contribution in [0.3, 0.4) is 0 Å². The van der Waals surface area contributed by atoms with Gasteiger partial charge in [0.15, 0.2) is 0 Å². The molecule has 1 atom stereocenters. The van der Waals surface area contributed by atoms with Crippen molar-refractivity contribution in [2.75, 3.05) is 12.4 Å². The van der Waals surface area contributed by atoms with Crippen molar-refractivity contribution in [2.24, 2.45) is 5.16 Å². The van der Waals surface area contributed by atoms with Crippen molar-refractivity contribution in [3.8, 4) is 5.75 Å². The molecule has 2 aromatic carbocycles. The smallest absolute Gasteiger partial charge is 0.268 e. The van der Waals surface area contributed by atoms with Crippen LogP contribution in [0.2, 0.25) is 0 Å². The van der Waals surface area contributed by atoms with Gasteiger partial charge in [0, 0.05) is 17.7 Å². The number of nitrogens with zero attached hydrogens (tertiary/aromatic N) is 1. The van der Waals surface area contributed by atoms with Gasteiger partial charge in [-0.3, -0.25) is 4.79 Å². The van der Waals surface area contributed by atoms with Crippen molar-refractivity contribution in [2.45, 2.75) is 32.3 Å². The van der Waals surface area contributed by atoms with Gasteiger partial charge in [0.2, 0.25) is 6.10 Å². The van der Waals surface area contributed by atoms with Gasteiger partial charge in [-0.15, -0.1) is 0 Å². The lowest BCUT2D eigenvalue weighted by Crippen LogP contribution is -2.28. The van der Waals surface area contributed by atoms with E-state index in [-0.39, 0.29) is 5.91 Å². The van der Waals surface area contributed by atoms with E-state index < -0.39 is 6.10 Å². The number of anilines is 1. The van der Waals surface area contributed by atoms with E-state index in [9.17, 15) is 4.79 Å². The van der Waals surface area contributed by atoms with Crippen LogP contribution in [0, 0.1) is 0 Å². The van der Waals surface area contributed by atoms with E-state index >= 15 is 0 Å². The zero-order valence-electron chi connectivity index (χ0n) is 14.7. The van der Waals surface area contributed by atoms with Crippen LogP contribution >= 0.6 is 0 Å². The molecule has 1 heterocycles. The predicted molar refractivity (Wildman–Crippen MR) is 98.2 cm³/mol. The molecule has 1 aliphatic heterocycles. The van der Waals surface area contributed by atoms with E-state index in [0.29, 0.717) is 18.1 Å². The number of hydrogen-bond acceptors (Lipinski definition) is 4. The van der Waals surface area contributed by atoms with Gasteiger partial charge in [-0.05, 0) is 35.7 Å². The van der Waals surface area contributed by atoms with Gasteiger partial charge in [0.25, 0.3) is 5.91 Å². The molecule has 5 heteroatoms. The second-order valence-electron chi connectivity index (χ2n) is 6.30. The summed E-state index contributed by atoms with van der Waals surface area (Å²) in [5, 5.41) is 6.95. The molecule has 0 bridgehead atoms. The number of ether oxygens (including phenoxy) is 1. The fraction of sp³-hybridized carbons (Fsp3) is 0.300. The number of carbonyl (C=O) groups excluding carboxylic acids is 1. The minimum absolute atomic E-state index is 0.203. The van der Waals surface area contributed by atoms with E-state index in [1.165, 1.54) is 5.56 Å². The maximum Gasteiger partial charge on any atom is 0.268 e. The van der Waals surface area contributed by atoms with E-state index in [0.717, 1.165) is 17.0 Å². The lowest BCUT2D eigenvalue weighted by molar-refractivity contribution is -0.125. The van der Waals surface area contributed by atoms with Crippen LogP contribution in [-0.2, 0) is 9.63 Å². The zero-order valence-corrected chi connectivity index (χ0v) is 14.7. The molecule has 0 fully saturated rings. The Labute approximate surface area is 147 Å². The van der Waals surface area contributed by atoms with Gasteiger partial charge in [-0.25, -0.2) is 0 Å². The molecule has 25 heavy (non-hydrogen) atoms. The molecular formula is C20H22N2O3. The van der Waals surface area contributed by atoms with E-state index in [1.54, 1.807) is 7.11 Å². The second-order valence-corrected chi connectivity index (χ2v) is 6.30. The van der Waals surface area contributed by atoms with Crippen LogP contribution in [0.15, 0.2) is 53.7 Å². The first-order valence-corrected chi connectivity index (χ1v) is 8.35. The molecule has 2 aromatic rings. The summed E-state index contributed by atoms with van der Waals surface area (Å²) >= 11 is 0. The summed E-state index contributed by atoms with van der Waals surface area (Å²) in [4.78, 5) is 17.8. The van der Waals surface area contributed by atoms with E-state index in [2.05, 4.69) is 24.3 Å². The number of rotatable bonds is 5. The highest BCUT2D eigenvalue weighted by atomic mass is 16.6. The summed E-state index contributed by atoms with van der Waals surface area (Å²) in [5.74, 6) is 0.973. The van der Waals surface area contributed by atoms with Crippen LogP contribution < -0.4 is 10.1 Å². The molecule has 5 nitrogen and oxygen atoms in total. The topological polar surface area (TPSA) is 59.9 Å². The highest BCUT2D eigenvalue weighted by Gasteiger charge is 2.30. The summed E-state index contributed by atoms with van der Waals surface area (Å²) in [6.07, 6.45) is -0.222. The quantitative estimate of drug-likeness (QED) is 0.898. The van der Waals surface area contributed by atoms with Crippen LogP contribution in [0.5, 0.6) is 5.75 Å². The number of hydrogen-bond donors (Lipinski definition) is 1. The molecule has 0 aliphatic carbocycles. The predicted octanol–water partition coefficient (Wildman–Crippen LogP) is 3.95. The first-order chi connectivity index (χ1) is 12.1. The number of carbonyl (C=O) groups is 1. The third kappa shape index (κ3) is 3.82. The van der Waals surface area contributed by atoms with Gasteiger partial charge in [0.1, 0.15) is 5.75 Å². The normalized spacial score (nSPS) is 16.3. The van der Waals surface area contributed by atoms with Crippen molar-refractivity contribution >= 4 is 17.3 Å². The molecule has 0 radical (unpaired) electrons. The lowest BCUT2D eigenvalue weighted by Gasteiger charge is -2.11. The number of oxime groups is 1. The molecule has 0 saturated carbocycles. The lowest BCUT2D eigenvalue weighted by atomic mass is 10.0. The standard InChI is InChI=1S/C20H22N2O3/c1-13(2)14-8-10-15(11-9-14)21-20(23)19-12-17(22-25-19)16-6-4-5-7-18(16)24-3/h4-11,13,19H,12H2,1-3H3,(H,21,23). The van der Waals surface area contributed by atoms with Crippen molar-refractivity contribution < 1.29 is 14.4 Å². The fourth-order valence-corrected chi connectivity index (χ4v) is 2.73. The van der Waals surface area contributed by atoms with Crippen LogP contribution in [-0.4, -0.2) is 24.8 Å². The van der Waals surface area contributed by atoms with Gasteiger partial charge in [-0.1, -0.05) is 43.3 Å². The third-order valence-electron chi connectivity index (χ3n) is 4.22. The number of nitrogens with one attached hydrogen (secondary N) is 1. The Morgan fingerprint density at radius 2 is 1.92 bits per heavy atom. The van der Waals surface area contributed by atoms with Gasteiger partial charge in [-0.2, -0.15) is 0 Å². The van der Waals surface area contributed by atoms with Crippen LogP contribution in [0.25, 0.3) is 0 Å². The Kier molecular flexibility index (Phi) is 5.03. The number of amides is 1. The molecule has 1 N–H and O–H groups in total. The minimum Gasteiger partial charge on any atom is -0.496 e. The number of methoxy groups -OCH3 is 1. The highest BCUT2D eigenvalue weighted by Crippen LogP contribution is 2.25. The van der Waals surface area contributed by atoms with E-state index in [4.69, 9.17) is 9.57 Å². The molecule has 1 unspecified atom stereocenters. The monoisotopic (exact) mass is 338 g/mol. The van der Waals surface area contributed by atoms with Gasteiger partial charge in [0.05, 0.1) is 12.8 Å². The summed E-state index contributed by atoms with van der Waals surface area (Å²) in [7, 11) is 1.61. The first kappa shape index (κ1) is 17.0. The largest absolute Gasteiger partial charge is 0.496 e. The molecule has 1 amide bonds. The Morgan fingerprint density at radius 1 is 1.20 bits per heavy atom. The molecule has 0 aromatic heterocycles. The maximum absolute atomic E-state index is 12.4. The molecular weight excluding hydrogens is 316 g/mol. The Bertz CT molecular complexity index is 782. The SMILES string of the molecule is COc1ccccc1C1=NOC(C(=O)Nc2ccc(C(C)C)cc2)C1. The molecule has 0 spiro atoms. The van der Waals surface area contributed by atoms with E-state index in [1.807, 2.05) is 48.5 Å². The first-order valence-electron chi connectivity index (χ1n) is 8.35. The molecule has 130 valence electrons. The zero-order chi connectivity index (χ0) is 17.8. The van der Waals surface area contributed by atoms with Gasteiger partial charge < -0.3 is 14.9 Å². The van der Waals surface area contributed by atoms with Crippen molar-refractivity contribution in [1.82, 2.24) is 0 Å². The average molecular weight is 338 g/mol.